The lowest BCUT2D eigenvalue weighted by Crippen LogP contribution is -2.53. The van der Waals surface area contributed by atoms with Crippen LogP contribution in [0, 0.1) is 23.7 Å². The highest BCUT2D eigenvalue weighted by Gasteiger charge is 2.47. The van der Waals surface area contributed by atoms with Crippen LogP contribution >= 0.6 is 0 Å². The molecule has 0 aromatic carbocycles. The number of carboxylic acid groups (broad SMARTS) is 1. The standard InChI is InChI=1S/C25H39N3O6/c26-22(29)21-9-6-10-28(21)23(30)20(27-25(33)34-18-12-16-11-17(16)13-18)8-5-3-1-2-4-7-15-14-19(15)24(31)32/h15-21H,1-14H2,(H2,26,29)(H,27,33)(H,31,32)/t15-,16-,17+,18+,19+,20+,21+/m1/s1. The number of carbonyl (C=O) groups excluding carboxylic acids is 3. The number of rotatable bonds is 13. The van der Waals surface area contributed by atoms with Gasteiger partial charge in [-0.3, -0.25) is 14.4 Å². The minimum absolute atomic E-state index is 0.0585. The quantitative estimate of drug-likeness (QED) is 0.349. The molecule has 3 aliphatic carbocycles. The highest BCUT2D eigenvalue weighted by atomic mass is 16.6. The molecule has 0 aromatic rings. The smallest absolute Gasteiger partial charge is 0.408 e. The number of carbonyl (C=O) groups is 4. The Kier molecular flexibility index (Phi) is 7.99. The number of hydrogen-bond donors (Lipinski definition) is 3. The van der Waals surface area contributed by atoms with Crippen molar-refractivity contribution in [1.29, 1.82) is 0 Å². The maximum absolute atomic E-state index is 13.2. The van der Waals surface area contributed by atoms with Crippen LogP contribution in [0.2, 0.25) is 0 Å². The number of hydrogen-bond acceptors (Lipinski definition) is 5. The number of nitrogens with one attached hydrogen (secondary N) is 1. The largest absolute Gasteiger partial charge is 0.481 e. The summed E-state index contributed by atoms with van der Waals surface area (Å²) in [4.78, 5) is 50.0. The third-order valence-electron chi connectivity index (χ3n) is 8.24. The number of nitrogens with two attached hydrogens (primary N) is 1. The second-order valence-corrected chi connectivity index (χ2v) is 10.8. The van der Waals surface area contributed by atoms with Gasteiger partial charge >= 0.3 is 12.1 Å². The van der Waals surface area contributed by atoms with Crippen molar-refractivity contribution in [2.75, 3.05) is 6.54 Å². The normalized spacial score (nSPS) is 32.1. The molecular formula is C25H39N3O6. The summed E-state index contributed by atoms with van der Waals surface area (Å²) in [6.07, 6.45) is 10.8. The van der Waals surface area contributed by atoms with Crippen molar-refractivity contribution in [2.45, 2.75) is 102 Å². The predicted molar refractivity (Wildman–Crippen MR) is 124 cm³/mol. The molecule has 3 saturated carbocycles. The minimum atomic E-state index is -0.717. The molecule has 9 heteroatoms. The summed E-state index contributed by atoms with van der Waals surface area (Å²) in [5.41, 5.74) is 5.49. The van der Waals surface area contributed by atoms with E-state index < -0.39 is 30.1 Å². The van der Waals surface area contributed by atoms with Crippen LogP contribution in [0.3, 0.4) is 0 Å². The van der Waals surface area contributed by atoms with Gasteiger partial charge in [-0.2, -0.15) is 0 Å². The highest BCUT2D eigenvalue weighted by Crippen LogP contribution is 2.52. The van der Waals surface area contributed by atoms with Gasteiger partial charge in [0.25, 0.3) is 0 Å². The third-order valence-corrected chi connectivity index (χ3v) is 8.24. The maximum atomic E-state index is 13.2. The molecule has 4 fully saturated rings. The van der Waals surface area contributed by atoms with E-state index in [2.05, 4.69) is 5.32 Å². The van der Waals surface area contributed by atoms with Crippen LogP contribution in [0.4, 0.5) is 4.79 Å². The number of primary amides is 1. The van der Waals surface area contributed by atoms with Crippen molar-refractivity contribution < 1.29 is 29.0 Å². The molecule has 1 saturated heterocycles. The van der Waals surface area contributed by atoms with Crippen LogP contribution in [-0.4, -0.2) is 58.6 Å². The number of likely N-dealkylation sites (tertiary alicyclic amines) is 1. The fraction of sp³-hybridized carbons (Fsp3) is 0.840. The van der Waals surface area contributed by atoms with E-state index >= 15 is 0 Å². The number of carboxylic acids is 1. The van der Waals surface area contributed by atoms with E-state index in [1.807, 2.05) is 0 Å². The molecular weight excluding hydrogens is 438 g/mol. The van der Waals surface area contributed by atoms with Crippen LogP contribution in [0.5, 0.6) is 0 Å². The summed E-state index contributed by atoms with van der Waals surface area (Å²) in [5, 5.41) is 11.8. The summed E-state index contributed by atoms with van der Waals surface area (Å²) in [6, 6.07) is -1.32. The molecule has 4 rings (SSSR count). The van der Waals surface area contributed by atoms with Gasteiger partial charge in [0.05, 0.1) is 5.92 Å². The Morgan fingerprint density at radius 2 is 1.71 bits per heavy atom. The van der Waals surface area contributed by atoms with Crippen molar-refractivity contribution in [2.24, 2.45) is 29.4 Å². The number of unbranched alkanes of at least 4 members (excludes halogenated alkanes) is 4. The molecule has 4 N–H and O–H groups in total. The van der Waals surface area contributed by atoms with Gasteiger partial charge in [-0.05, 0) is 69.1 Å². The lowest BCUT2D eigenvalue weighted by molar-refractivity contribution is -0.139. The zero-order valence-electron chi connectivity index (χ0n) is 20.0. The summed E-state index contributed by atoms with van der Waals surface area (Å²) in [6.45, 7) is 0.476. The summed E-state index contributed by atoms with van der Waals surface area (Å²) in [5.74, 6) is 0.186. The SMILES string of the molecule is NC(=O)[C@@H]1CCCN1C(=O)[C@H](CCCCCCC[C@@H]1C[C@@H]1C(=O)O)NC(=O)O[C@@H]1C[C@@H]2C[C@@H]2C1. The van der Waals surface area contributed by atoms with Gasteiger partial charge in [-0.15, -0.1) is 0 Å². The number of fused-ring (bicyclic) bond motifs is 1. The molecule has 0 spiro atoms. The Balaban J connectivity index is 1.20. The molecule has 0 bridgehead atoms. The van der Waals surface area contributed by atoms with Gasteiger partial charge in [-0.1, -0.05) is 32.1 Å². The van der Waals surface area contributed by atoms with Crippen LogP contribution in [0.15, 0.2) is 0 Å². The first-order valence-corrected chi connectivity index (χ1v) is 13.1. The lowest BCUT2D eigenvalue weighted by Gasteiger charge is -2.28. The lowest BCUT2D eigenvalue weighted by atomic mass is 10.0. The van der Waals surface area contributed by atoms with E-state index in [-0.39, 0.29) is 17.9 Å². The van der Waals surface area contributed by atoms with Crippen LogP contribution in [0.25, 0.3) is 0 Å². The first-order valence-electron chi connectivity index (χ1n) is 13.1. The molecule has 9 nitrogen and oxygen atoms in total. The third kappa shape index (κ3) is 6.42. The van der Waals surface area contributed by atoms with Crippen LogP contribution in [0.1, 0.15) is 83.5 Å². The number of aliphatic carboxylic acids is 1. The molecule has 7 atom stereocenters. The van der Waals surface area contributed by atoms with Crippen molar-refractivity contribution in [3.05, 3.63) is 0 Å². The zero-order valence-corrected chi connectivity index (χ0v) is 20.0. The van der Waals surface area contributed by atoms with Crippen molar-refractivity contribution in [1.82, 2.24) is 10.2 Å². The summed E-state index contributed by atoms with van der Waals surface area (Å²) in [7, 11) is 0. The van der Waals surface area contributed by atoms with E-state index in [1.165, 1.54) is 11.3 Å². The van der Waals surface area contributed by atoms with Gasteiger partial charge in [0.15, 0.2) is 0 Å². The van der Waals surface area contributed by atoms with Gasteiger partial charge in [0.1, 0.15) is 18.2 Å². The molecule has 190 valence electrons. The monoisotopic (exact) mass is 477 g/mol. The Bertz CT molecular complexity index is 779. The fourth-order valence-electron chi connectivity index (χ4n) is 6.02. The average Bonchev–Trinajstić information content (AvgIpc) is 3.62. The van der Waals surface area contributed by atoms with Crippen molar-refractivity contribution in [3.8, 4) is 0 Å². The molecule has 34 heavy (non-hydrogen) atoms. The van der Waals surface area contributed by atoms with Gasteiger partial charge in [0.2, 0.25) is 11.8 Å². The van der Waals surface area contributed by atoms with Crippen molar-refractivity contribution >= 4 is 23.9 Å². The van der Waals surface area contributed by atoms with E-state index in [1.54, 1.807) is 0 Å². The molecule has 4 aliphatic rings. The topological polar surface area (TPSA) is 139 Å². The fourth-order valence-corrected chi connectivity index (χ4v) is 6.02. The number of alkyl carbamates (subject to hydrolysis) is 1. The first-order chi connectivity index (χ1) is 16.3. The van der Waals surface area contributed by atoms with E-state index in [9.17, 15) is 19.2 Å². The van der Waals surface area contributed by atoms with Crippen LogP contribution in [-0.2, 0) is 19.1 Å². The van der Waals surface area contributed by atoms with Gasteiger partial charge in [-0.25, -0.2) is 4.79 Å². The van der Waals surface area contributed by atoms with E-state index in [4.69, 9.17) is 15.6 Å². The minimum Gasteiger partial charge on any atom is -0.481 e. The zero-order chi connectivity index (χ0) is 24.2. The molecule has 3 amide bonds. The summed E-state index contributed by atoms with van der Waals surface area (Å²) < 4.78 is 5.59. The van der Waals surface area contributed by atoms with Crippen molar-refractivity contribution in [3.63, 3.8) is 0 Å². The van der Waals surface area contributed by atoms with Crippen LogP contribution < -0.4 is 11.1 Å². The summed E-state index contributed by atoms with van der Waals surface area (Å²) >= 11 is 0. The maximum Gasteiger partial charge on any atom is 0.408 e. The highest BCUT2D eigenvalue weighted by molar-refractivity contribution is 5.91. The second-order valence-electron chi connectivity index (χ2n) is 10.8. The van der Waals surface area contributed by atoms with E-state index in [0.717, 1.165) is 64.2 Å². The number of nitrogens with zero attached hydrogens (tertiary/aromatic N) is 1. The van der Waals surface area contributed by atoms with Gasteiger partial charge < -0.3 is 25.8 Å². The average molecular weight is 478 g/mol. The Morgan fingerprint density at radius 3 is 2.38 bits per heavy atom. The second kappa shape index (κ2) is 11.0. The predicted octanol–water partition coefficient (Wildman–Crippen LogP) is 2.81. The van der Waals surface area contributed by atoms with Gasteiger partial charge in [0, 0.05) is 6.54 Å². The Morgan fingerprint density at radius 1 is 1.00 bits per heavy atom. The Labute approximate surface area is 201 Å². The Hall–Kier alpha value is -2.32. The van der Waals surface area contributed by atoms with E-state index in [0.29, 0.717) is 37.1 Å². The molecule has 0 aromatic heterocycles. The molecule has 0 radical (unpaired) electrons. The number of amides is 3. The molecule has 1 heterocycles. The first kappa shape index (κ1) is 24.8. The number of ether oxygens (including phenoxy) is 1. The molecule has 0 unspecified atom stereocenters. The molecule has 1 aliphatic heterocycles.